The van der Waals surface area contributed by atoms with E-state index in [4.69, 9.17) is 32.7 Å². The highest BCUT2D eigenvalue weighted by molar-refractivity contribution is 7.98. The number of anilines is 1. The number of fused-ring (bicyclic) bond motifs is 1. The number of benzene rings is 2. The van der Waals surface area contributed by atoms with Crippen molar-refractivity contribution in [2.45, 2.75) is 42.9 Å². The molecule has 12 heteroatoms. The molecule has 2 aromatic carbocycles. The summed E-state index contributed by atoms with van der Waals surface area (Å²) in [7, 11) is 0. The lowest BCUT2D eigenvalue weighted by molar-refractivity contribution is -0.153. The van der Waals surface area contributed by atoms with Gasteiger partial charge in [0, 0.05) is 34.3 Å². The molecule has 1 unspecified atom stereocenters. The van der Waals surface area contributed by atoms with Gasteiger partial charge in [-0.3, -0.25) is 14.4 Å². The number of ether oxygens (including phenoxy) is 2. The minimum Gasteiger partial charge on any atom is -0.484 e. The van der Waals surface area contributed by atoms with Crippen molar-refractivity contribution >= 4 is 58.4 Å². The minimum absolute atomic E-state index is 0.0230. The number of thioether (sulfide) groups is 1. The van der Waals surface area contributed by atoms with Crippen LogP contribution in [0.3, 0.4) is 0 Å². The molecule has 38 heavy (non-hydrogen) atoms. The first-order valence-electron chi connectivity index (χ1n) is 12.1. The molecular formula is C26H26Cl2FN3O5S. The molecule has 3 fully saturated rings. The van der Waals surface area contributed by atoms with Gasteiger partial charge in [-0.2, -0.15) is 11.8 Å². The van der Waals surface area contributed by atoms with Gasteiger partial charge in [0.05, 0.1) is 17.3 Å². The van der Waals surface area contributed by atoms with Gasteiger partial charge in [-0.1, -0.05) is 23.2 Å². The maximum absolute atomic E-state index is 13.5. The van der Waals surface area contributed by atoms with Crippen LogP contribution < -0.4 is 25.0 Å². The number of carbonyl (C=O) groups excluding carboxylic acids is 3. The zero-order valence-corrected chi connectivity index (χ0v) is 22.9. The lowest BCUT2D eigenvalue weighted by atomic mass is 9.44. The van der Waals surface area contributed by atoms with E-state index in [0.29, 0.717) is 47.9 Å². The van der Waals surface area contributed by atoms with Crippen LogP contribution in [0.5, 0.6) is 11.5 Å². The molecule has 0 radical (unpaired) electrons. The van der Waals surface area contributed by atoms with Crippen LogP contribution in [-0.4, -0.2) is 60.1 Å². The van der Waals surface area contributed by atoms with E-state index in [0.717, 1.165) is 6.07 Å². The Kier molecular flexibility index (Phi) is 7.41. The Bertz CT molecular complexity index is 1280. The van der Waals surface area contributed by atoms with Crippen LogP contribution in [0, 0.1) is 5.82 Å². The molecular weight excluding hydrogens is 556 g/mol. The molecule has 0 aromatic heterocycles. The standard InChI is InChI=1S/C26H26Cl2FN3O5S/c1-38-7-6-23(34)32-10-21(37-20-5-2-15(27)8-19(20)32)24(35)31-26-12-25(13-26,14-26)30-22(33)11-36-16-3-4-17(28)18(29)9-16/h2-5,8-9,21H,6-7,10-14H2,1H3,(H,30,33)(H,31,35). The second-order valence-electron chi connectivity index (χ2n) is 9.96. The van der Waals surface area contributed by atoms with Gasteiger partial charge in [-0.05, 0) is 55.9 Å². The maximum atomic E-state index is 13.5. The van der Waals surface area contributed by atoms with E-state index < -0.39 is 23.0 Å². The summed E-state index contributed by atoms with van der Waals surface area (Å²) in [5, 5.41) is 6.48. The van der Waals surface area contributed by atoms with Crippen LogP contribution in [0.1, 0.15) is 25.7 Å². The van der Waals surface area contributed by atoms with E-state index in [1.54, 1.807) is 34.9 Å². The van der Waals surface area contributed by atoms with Crippen molar-refractivity contribution < 1.29 is 28.2 Å². The van der Waals surface area contributed by atoms with Gasteiger partial charge in [-0.25, -0.2) is 4.39 Å². The summed E-state index contributed by atoms with van der Waals surface area (Å²) in [5.41, 5.74) is -0.249. The van der Waals surface area contributed by atoms with E-state index in [1.165, 1.54) is 12.1 Å². The summed E-state index contributed by atoms with van der Waals surface area (Å²) >= 11 is 13.4. The van der Waals surface area contributed by atoms with E-state index in [9.17, 15) is 18.8 Å². The molecule has 202 valence electrons. The molecule has 1 heterocycles. The van der Waals surface area contributed by atoms with Crippen LogP contribution in [-0.2, 0) is 14.4 Å². The third-order valence-corrected chi connectivity index (χ3v) is 8.18. The monoisotopic (exact) mass is 581 g/mol. The Morgan fingerprint density at radius 1 is 1.13 bits per heavy atom. The summed E-state index contributed by atoms with van der Waals surface area (Å²) < 4.78 is 24.9. The van der Waals surface area contributed by atoms with E-state index in [1.807, 2.05) is 6.26 Å². The first-order chi connectivity index (χ1) is 18.1. The summed E-state index contributed by atoms with van der Waals surface area (Å²) in [6.07, 6.45) is 3.16. The molecule has 1 atom stereocenters. The predicted molar refractivity (Wildman–Crippen MR) is 144 cm³/mol. The number of carbonyl (C=O) groups is 3. The lowest BCUT2D eigenvalue weighted by Gasteiger charge is -2.70. The van der Waals surface area contributed by atoms with Crippen molar-refractivity contribution in [1.82, 2.24) is 10.6 Å². The van der Waals surface area contributed by atoms with Crippen LogP contribution in [0.25, 0.3) is 0 Å². The number of halogens is 3. The first kappa shape index (κ1) is 26.9. The molecule has 3 aliphatic carbocycles. The van der Waals surface area contributed by atoms with Gasteiger partial charge in [-0.15, -0.1) is 0 Å². The summed E-state index contributed by atoms with van der Waals surface area (Å²) in [5.74, 6) is -0.0446. The van der Waals surface area contributed by atoms with E-state index >= 15 is 0 Å². The highest BCUT2D eigenvalue weighted by Gasteiger charge is 2.69. The van der Waals surface area contributed by atoms with Crippen molar-refractivity contribution in [2.75, 3.05) is 30.1 Å². The molecule has 6 rings (SSSR count). The number of nitrogens with zero attached hydrogens (tertiary/aromatic N) is 1. The highest BCUT2D eigenvalue weighted by atomic mass is 35.5. The quantitative estimate of drug-likeness (QED) is 0.465. The Labute approximate surface area is 233 Å². The molecule has 2 bridgehead atoms. The molecule has 0 saturated heterocycles. The molecule has 3 amide bonds. The lowest BCUT2D eigenvalue weighted by Crippen LogP contribution is -2.84. The van der Waals surface area contributed by atoms with Gasteiger partial charge < -0.3 is 25.0 Å². The van der Waals surface area contributed by atoms with Gasteiger partial charge in [0.1, 0.15) is 17.3 Å². The largest absolute Gasteiger partial charge is 0.484 e. The maximum Gasteiger partial charge on any atom is 0.263 e. The van der Waals surface area contributed by atoms with Gasteiger partial charge in [0.25, 0.3) is 11.8 Å². The zero-order valence-electron chi connectivity index (χ0n) is 20.5. The first-order valence-corrected chi connectivity index (χ1v) is 14.2. The average Bonchev–Trinajstić information content (AvgIpc) is 2.85. The Hall–Kier alpha value is -2.69. The smallest absolute Gasteiger partial charge is 0.263 e. The molecule has 1 aliphatic heterocycles. The van der Waals surface area contributed by atoms with Crippen molar-refractivity contribution in [2.24, 2.45) is 0 Å². The highest BCUT2D eigenvalue weighted by Crippen LogP contribution is 2.60. The topological polar surface area (TPSA) is 97.0 Å². The van der Waals surface area contributed by atoms with Crippen molar-refractivity contribution in [1.29, 1.82) is 0 Å². The van der Waals surface area contributed by atoms with Crippen LogP contribution in [0.15, 0.2) is 36.4 Å². The predicted octanol–water partition coefficient (Wildman–Crippen LogP) is 3.97. The zero-order chi connectivity index (χ0) is 27.1. The second-order valence-corrected chi connectivity index (χ2v) is 11.8. The number of nitrogens with one attached hydrogen (secondary N) is 2. The third kappa shape index (κ3) is 5.39. The summed E-state index contributed by atoms with van der Waals surface area (Å²) in [6.45, 7) is -0.172. The number of rotatable bonds is 9. The van der Waals surface area contributed by atoms with Gasteiger partial charge in [0.2, 0.25) is 5.91 Å². The fraction of sp³-hybridized carbons (Fsp3) is 0.423. The number of hydrogen-bond donors (Lipinski definition) is 2. The summed E-state index contributed by atoms with van der Waals surface area (Å²) in [4.78, 5) is 40.0. The molecule has 8 nitrogen and oxygen atoms in total. The normalized spacial score (nSPS) is 24.7. The molecule has 2 N–H and O–H groups in total. The number of amides is 3. The Morgan fingerprint density at radius 2 is 1.87 bits per heavy atom. The van der Waals surface area contributed by atoms with Crippen molar-refractivity contribution in [3.63, 3.8) is 0 Å². The average molecular weight is 582 g/mol. The number of hydrogen-bond acceptors (Lipinski definition) is 6. The second kappa shape index (κ2) is 10.5. The fourth-order valence-electron chi connectivity index (χ4n) is 5.40. The fourth-order valence-corrected chi connectivity index (χ4v) is 6.06. The minimum atomic E-state index is -0.866. The third-order valence-electron chi connectivity index (χ3n) is 7.03. The Morgan fingerprint density at radius 3 is 2.58 bits per heavy atom. The Balaban J connectivity index is 1.14. The summed E-state index contributed by atoms with van der Waals surface area (Å²) in [6, 6.07) is 8.97. The van der Waals surface area contributed by atoms with Crippen LogP contribution in [0.2, 0.25) is 10.0 Å². The van der Waals surface area contributed by atoms with E-state index in [-0.39, 0.29) is 41.6 Å². The van der Waals surface area contributed by atoms with Crippen LogP contribution in [0.4, 0.5) is 10.1 Å². The van der Waals surface area contributed by atoms with Crippen molar-refractivity contribution in [3.05, 3.63) is 52.3 Å². The SMILES string of the molecule is CSCCC(=O)N1CC(C(=O)NC23CC(NC(=O)COc4ccc(Cl)c(F)c4)(C2)C3)Oc2ccc(Cl)cc21. The van der Waals surface area contributed by atoms with Gasteiger partial charge in [0.15, 0.2) is 12.7 Å². The molecule has 0 spiro atoms. The molecule has 4 aliphatic rings. The molecule has 3 saturated carbocycles. The van der Waals surface area contributed by atoms with Gasteiger partial charge >= 0.3 is 0 Å². The van der Waals surface area contributed by atoms with E-state index in [2.05, 4.69) is 10.6 Å². The van der Waals surface area contributed by atoms with Crippen LogP contribution >= 0.6 is 35.0 Å². The van der Waals surface area contributed by atoms with Crippen molar-refractivity contribution in [3.8, 4) is 11.5 Å². The molecule has 2 aromatic rings.